The lowest BCUT2D eigenvalue weighted by atomic mass is 10.2. The van der Waals surface area contributed by atoms with Crippen LogP contribution in [0.5, 0.6) is 0 Å². The van der Waals surface area contributed by atoms with Crippen LogP contribution in [0.25, 0.3) is 0 Å². The van der Waals surface area contributed by atoms with Crippen molar-refractivity contribution in [1.82, 2.24) is 0 Å². The van der Waals surface area contributed by atoms with Gasteiger partial charge in [0.1, 0.15) is 0 Å². The first-order chi connectivity index (χ1) is 7.41. The van der Waals surface area contributed by atoms with E-state index in [2.05, 4.69) is 42.5 Å². The van der Waals surface area contributed by atoms with E-state index < -0.39 is 0 Å². The zero-order valence-electron chi connectivity index (χ0n) is 9.65. The Bertz CT molecular complexity index is 241. The summed E-state index contributed by atoms with van der Waals surface area (Å²) in [5.74, 6) is 0. The molecule has 0 radical (unpaired) electrons. The molecule has 0 heterocycles. The van der Waals surface area contributed by atoms with Crippen LogP contribution in [0.15, 0.2) is 36.5 Å². The molecule has 0 aromatic carbocycles. The van der Waals surface area contributed by atoms with Crippen LogP contribution in [0.2, 0.25) is 0 Å². The molecule has 0 aliphatic heterocycles. The second kappa shape index (κ2) is 12.7. The summed E-state index contributed by atoms with van der Waals surface area (Å²) < 4.78 is 0. The van der Waals surface area contributed by atoms with Gasteiger partial charge < -0.3 is 0 Å². The molecule has 82 valence electrons. The second-order valence-electron chi connectivity index (χ2n) is 3.38. The average molecular weight is 203 g/mol. The average Bonchev–Trinajstić information content (AvgIpc) is 2.26. The lowest BCUT2D eigenvalue weighted by Crippen LogP contribution is -1.70. The number of rotatable bonds is 8. The van der Waals surface area contributed by atoms with E-state index in [1.54, 1.807) is 0 Å². The zero-order valence-corrected chi connectivity index (χ0v) is 9.65. The fraction of sp³-hybridized carbons (Fsp3) is 0.500. The lowest BCUT2D eigenvalue weighted by Gasteiger charge is -1.88. The van der Waals surface area contributed by atoms with E-state index in [1.807, 2.05) is 6.92 Å². The van der Waals surface area contributed by atoms with Crippen molar-refractivity contribution >= 4 is 0 Å². The van der Waals surface area contributed by atoms with Crippen LogP contribution in [0.4, 0.5) is 0 Å². The Kier molecular flexibility index (Phi) is 11.6. The summed E-state index contributed by atoms with van der Waals surface area (Å²) in [4.78, 5) is 0. The summed E-state index contributed by atoms with van der Waals surface area (Å²) in [5.41, 5.74) is 0. The van der Waals surface area contributed by atoms with E-state index in [1.165, 1.54) is 0 Å². The Balaban J connectivity index is 3.23. The third kappa shape index (κ3) is 12.7. The van der Waals surface area contributed by atoms with Gasteiger partial charge in [0.15, 0.2) is 0 Å². The standard InChI is InChI=1S/C14H21N/c1-2-3-4-5-6-7-8-9-10-11-12-13-14-15/h2-3,5-6,9-10H,4,7-8,11-13H2,1H3/b3-2+,6-5+,10-9+. The lowest BCUT2D eigenvalue weighted by molar-refractivity contribution is 0.870. The van der Waals surface area contributed by atoms with Crippen LogP contribution in [-0.4, -0.2) is 0 Å². The highest BCUT2D eigenvalue weighted by molar-refractivity contribution is 4.93. The van der Waals surface area contributed by atoms with E-state index in [4.69, 9.17) is 5.26 Å². The topological polar surface area (TPSA) is 23.8 Å². The van der Waals surface area contributed by atoms with Crippen molar-refractivity contribution < 1.29 is 0 Å². The molecule has 0 N–H and O–H groups in total. The van der Waals surface area contributed by atoms with Gasteiger partial charge in [-0.2, -0.15) is 5.26 Å². The zero-order chi connectivity index (χ0) is 11.2. The van der Waals surface area contributed by atoms with Crippen molar-refractivity contribution in [1.29, 1.82) is 5.26 Å². The molecule has 0 aromatic rings. The van der Waals surface area contributed by atoms with E-state index in [0.29, 0.717) is 6.42 Å². The maximum Gasteiger partial charge on any atom is 0.0621 e. The van der Waals surface area contributed by atoms with E-state index in [9.17, 15) is 0 Å². The molecule has 0 unspecified atom stereocenters. The highest BCUT2D eigenvalue weighted by Gasteiger charge is 1.81. The molecule has 1 heteroatoms. The molecule has 0 atom stereocenters. The minimum atomic E-state index is 0.674. The van der Waals surface area contributed by atoms with Crippen LogP contribution in [0.3, 0.4) is 0 Å². The minimum absolute atomic E-state index is 0.674. The quantitative estimate of drug-likeness (QED) is 0.419. The van der Waals surface area contributed by atoms with E-state index in [0.717, 1.165) is 32.1 Å². The number of nitrogens with zero attached hydrogens (tertiary/aromatic N) is 1. The van der Waals surface area contributed by atoms with Crippen LogP contribution in [-0.2, 0) is 0 Å². The first-order valence-corrected chi connectivity index (χ1v) is 5.70. The van der Waals surface area contributed by atoms with Gasteiger partial charge in [0.25, 0.3) is 0 Å². The van der Waals surface area contributed by atoms with E-state index in [-0.39, 0.29) is 0 Å². The minimum Gasteiger partial charge on any atom is -0.198 e. The number of unbranched alkanes of at least 4 members (excludes halogenated alkanes) is 3. The highest BCUT2D eigenvalue weighted by atomic mass is 14.2. The number of hydrogen-bond acceptors (Lipinski definition) is 1. The van der Waals surface area contributed by atoms with Crippen LogP contribution in [0, 0.1) is 11.3 Å². The molecule has 0 aliphatic carbocycles. The summed E-state index contributed by atoms with van der Waals surface area (Å²) in [6.45, 7) is 2.04. The third-order valence-corrected chi connectivity index (χ3v) is 2.00. The summed E-state index contributed by atoms with van der Waals surface area (Å²) in [7, 11) is 0. The molecule has 0 rings (SSSR count). The fourth-order valence-corrected chi connectivity index (χ4v) is 1.16. The van der Waals surface area contributed by atoms with Gasteiger partial charge in [-0.15, -0.1) is 0 Å². The molecule has 1 nitrogen and oxygen atoms in total. The van der Waals surface area contributed by atoms with Gasteiger partial charge >= 0.3 is 0 Å². The molecule has 0 amide bonds. The van der Waals surface area contributed by atoms with Gasteiger partial charge in [-0.25, -0.2) is 0 Å². The molecule has 0 spiro atoms. The Hall–Kier alpha value is -1.29. The number of nitriles is 1. The van der Waals surface area contributed by atoms with Crippen LogP contribution >= 0.6 is 0 Å². The first-order valence-electron chi connectivity index (χ1n) is 5.70. The predicted octanol–water partition coefficient (Wildman–Crippen LogP) is 4.54. The molecule has 0 saturated carbocycles. The second-order valence-corrected chi connectivity index (χ2v) is 3.38. The van der Waals surface area contributed by atoms with Gasteiger partial charge in [-0.1, -0.05) is 36.5 Å². The fourth-order valence-electron chi connectivity index (χ4n) is 1.16. The van der Waals surface area contributed by atoms with Crippen molar-refractivity contribution in [3.63, 3.8) is 0 Å². The van der Waals surface area contributed by atoms with Crippen LogP contribution < -0.4 is 0 Å². The summed E-state index contributed by atoms with van der Waals surface area (Å²) >= 11 is 0. The van der Waals surface area contributed by atoms with Crippen LogP contribution in [0.1, 0.15) is 45.4 Å². The SMILES string of the molecule is C/C=C/C/C=C/CC/C=C/CCCC#N. The summed E-state index contributed by atoms with van der Waals surface area (Å²) in [5, 5.41) is 8.32. The predicted molar refractivity (Wildman–Crippen MR) is 66.4 cm³/mol. The normalized spacial score (nSPS) is 11.7. The van der Waals surface area contributed by atoms with Crippen molar-refractivity contribution in [3.8, 4) is 6.07 Å². The summed E-state index contributed by atoms with van der Waals surface area (Å²) in [6, 6.07) is 2.15. The summed E-state index contributed by atoms with van der Waals surface area (Å²) in [6.07, 6.45) is 19.0. The molecule has 0 saturated heterocycles. The Morgan fingerprint density at radius 2 is 1.60 bits per heavy atom. The van der Waals surface area contributed by atoms with Crippen molar-refractivity contribution in [2.75, 3.05) is 0 Å². The molecular formula is C14H21N. The number of allylic oxidation sites excluding steroid dienone is 6. The van der Waals surface area contributed by atoms with Crippen molar-refractivity contribution in [2.24, 2.45) is 0 Å². The Morgan fingerprint density at radius 3 is 2.27 bits per heavy atom. The van der Waals surface area contributed by atoms with Gasteiger partial charge in [0.05, 0.1) is 6.07 Å². The largest absolute Gasteiger partial charge is 0.198 e. The Labute approximate surface area is 93.8 Å². The molecule has 0 aliphatic rings. The van der Waals surface area contributed by atoms with Crippen molar-refractivity contribution in [2.45, 2.75) is 45.4 Å². The smallest absolute Gasteiger partial charge is 0.0621 e. The van der Waals surface area contributed by atoms with E-state index >= 15 is 0 Å². The molecule has 0 bridgehead atoms. The monoisotopic (exact) mass is 203 g/mol. The Morgan fingerprint density at radius 1 is 0.933 bits per heavy atom. The highest BCUT2D eigenvalue weighted by Crippen LogP contribution is 1.99. The van der Waals surface area contributed by atoms with Gasteiger partial charge in [0.2, 0.25) is 0 Å². The molecule has 0 fully saturated rings. The third-order valence-electron chi connectivity index (χ3n) is 2.00. The molecule has 15 heavy (non-hydrogen) atoms. The van der Waals surface area contributed by atoms with Gasteiger partial charge in [-0.3, -0.25) is 0 Å². The maximum absolute atomic E-state index is 8.32. The van der Waals surface area contributed by atoms with Gasteiger partial charge in [0, 0.05) is 6.42 Å². The first kappa shape index (κ1) is 13.7. The maximum atomic E-state index is 8.32. The van der Waals surface area contributed by atoms with Gasteiger partial charge in [-0.05, 0) is 39.0 Å². The molecule has 0 aromatic heterocycles. The molecular weight excluding hydrogens is 182 g/mol. The van der Waals surface area contributed by atoms with Crippen molar-refractivity contribution in [3.05, 3.63) is 36.5 Å². The number of hydrogen-bond donors (Lipinski definition) is 0.